The van der Waals surface area contributed by atoms with Crippen molar-refractivity contribution >= 4 is 29.0 Å². The molecular weight excluding hydrogens is 404 g/mol. The van der Waals surface area contributed by atoms with Crippen molar-refractivity contribution in [1.29, 1.82) is 0 Å². The van der Waals surface area contributed by atoms with E-state index in [1.54, 1.807) is 4.90 Å². The van der Waals surface area contributed by atoms with Crippen LogP contribution in [0.15, 0.2) is 89.9 Å². The molecule has 1 atom stereocenters. The normalized spacial score (nSPS) is 18.0. The Labute approximate surface area is 187 Å². The van der Waals surface area contributed by atoms with Gasteiger partial charge in [-0.2, -0.15) is 0 Å². The quantitative estimate of drug-likeness (QED) is 0.445. The van der Waals surface area contributed by atoms with Crippen molar-refractivity contribution in [2.45, 2.75) is 18.5 Å². The number of hydrogen-bond acceptors (Lipinski definition) is 6. The molecule has 0 N–H and O–H groups in total. The number of para-hydroxylation sites is 1. The molecular formula is C26H24N2O4. The van der Waals surface area contributed by atoms with Crippen LogP contribution in [0.2, 0.25) is 0 Å². The van der Waals surface area contributed by atoms with E-state index < -0.39 is 23.5 Å². The monoisotopic (exact) mass is 428 g/mol. The number of benzene rings is 3. The van der Waals surface area contributed by atoms with Crippen molar-refractivity contribution in [1.82, 2.24) is 0 Å². The maximum Gasteiger partial charge on any atom is 0.349 e. The minimum absolute atomic E-state index is 0.357. The maximum atomic E-state index is 13.3. The Morgan fingerprint density at radius 3 is 1.88 bits per heavy atom. The Kier molecular flexibility index (Phi) is 5.77. The van der Waals surface area contributed by atoms with Gasteiger partial charge in [0, 0.05) is 5.69 Å². The van der Waals surface area contributed by atoms with Crippen LogP contribution >= 0.6 is 0 Å². The molecule has 1 saturated heterocycles. The lowest BCUT2D eigenvalue weighted by atomic mass is 9.72. The smallest absolute Gasteiger partial charge is 0.349 e. The van der Waals surface area contributed by atoms with Crippen LogP contribution in [0, 0.1) is 6.92 Å². The summed E-state index contributed by atoms with van der Waals surface area (Å²) in [7, 11) is 2.52. The average molecular weight is 428 g/mol. The molecule has 32 heavy (non-hydrogen) atoms. The molecule has 6 nitrogen and oxygen atoms in total. The summed E-state index contributed by atoms with van der Waals surface area (Å²) < 4.78 is 10.3. The van der Waals surface area contributed by atoms with Gasteiger partial charge in [-0.3, -0.25) is 4.99 Å². The predicted octanol–water partition coefficient (Wildman–Crippen LogP) is 4.41. The summed E-state index contributed by atoms with van der Waals surface area (Å²) in [5.41, 5.74) is 1.81. The van der Waals surface area contributed by atoms with Crippen LogP contribution in [0.25, 0.3) is 0 Å². The number of aliphatic imine (C=N–C) groups is 1. The van der Waals surface area contributed by atoms with Crippen LogP contribution < -0.4 is 4.90 Å². The maximum absolute atomic E-state index is 13.3. The molecule has 6 heteroatoms. The molecule has 0 aromatic heterocycles. The number of methoxy groups -OCH3 is 2. The largest absolute Gasteiger partial charge is 0.467 e. The third-order valence-corrected chi connectivity index (χ3v) is 5.64. The zero-order valence-corrected chi connectivity index (χ0v) is 18.2. The molecule has 3 aromatic carbocycles. The third-order valence-electron chi connectivity index (χ3n) is 5.64. The summed E-state index contributed by atoms with van der Waals surface area (Å²) in [5.74, 6) is -1.49. The van der Waals surface area contributed by atoms with E-state index in [0.29, 0.717) is 17.1 Å². The van der Waals surface area contributed by atoms with E-state index in [9.17, 15) is 9.59 Å². The number of nitrogens with zero attached hydrogens (tertiary/aromatic N) is 2. The lowest BCUT2D eigenvalue weighted by Crippen LogP contribution is -2.78. The molecule has 162 valence electrons. The summed E-state index contributed by atoms with van der Waals surface area (Å²) >= 11 is 0. The molecule has 1 heterocycles. The second-order valence-corrected chi connectivity index (χ2v) is 7.54. The third kappa shape index (κ3) is 3.34. The Bertz CT molecular complexity index is 1130. The summed E-state index contributed by atoms with van der Waals surface area (Å²) in [4.78, 5) is 33.1. The average Bonchev–Trinajstić information content (AvgIpc) is 2.83. The van der Waals surface area contributed by atoms with Gasteiger partial charge >= 0.3 is 11.9 Å². The van der Waals surface area contributed by atoms with E-state index >= 15 is 0 Å². The standard InChI is InChI=1S/C26H24N2O4/c1-18-14-16-20(17-15-18)27-23-22(19-10-6-4-7-11-19)28(21-12-8-5-9-13-21)26(23,24(29)31-2)25(30)32-3/h4-17,22H,1-3H3. The summed E-state index contributed by atoms with van der Waals surface area (Å²) in [6.07, 6.45) is 0. The molecule has 3 aromatic rings. The first-order valence-electron chi connectivity index (χ1n) is 10.3. The fraction of sp³-hybridized carbons (Fsp3) is 0.192. The zero-order valence-electron chi connectivity index (χ0n) is 18.2. The molecule has 1 unspecified atom stereocenters. The zero-order chi connectivity index (χ0) is 22.7. The van der Waals surface area contributed by atoms with Gasteiger partial charge in [0.2, 0.25) is 0 Å². The number of anilines is 1. The van der Waals surface area contributed by atoms with Gasteiger partial charge in [-0.25, -0.2) is 9.59 Å². The number of carbonyl (C=O) groups is 2. The van der Waals surface area contributed by atoms with Crippen LogP contribution in [0.1, 0.15) is 17.2 Å². The van der Waals surface area contributed by atoms with Crippen LogP contribution in [-0.4, -0.2) is 37.4 Å². The fourth-order valence-corrected chi connectivity index (χ4v) is 4.13. The van der Waals surface area contributed by atoms with E-state index in [0.717, 1.165) is 11.1 Å². The van der Waals surface area contributed by atoms with E-state index in [-0.39, 0.29) is 0 Å². The fourth-order valence-electron chi connectivity index (χ4n) is 4.13. The van der Waals surface area contributed by atoms with Gasteiger partial charge in [-0.05, 0) is 36.8 Å². The van der Waals surface area contributed by atoms with Crippen molar-refractivity contribution in [3.8, 4) is 0 Å². The van der Waals surface area contributed by atoms with Crippen LogP contribution in [0.5, 0.6) is 0 Å². The van der Waals surface area contributed by atoms with Gasteiger partial charge < -0.3 is 14.4 Å². The number of esters is 2. The molecule has 0 radical (unpaired) electrons. The summed E-state index contributed by atoms with van der Waals surface area (Å²) in [6.45, 7) is 1.98. The van der Waals surface area contributed by atoms with Crippen LogP contribution in [0.3, 0.4) is 0 Å². The second kappa shape index (κ2) is 8.67. The first-order chi connectivity index (χ1) is 15.5. The van der Waals surface area contributed by atoms with E-state index in [1.807, 2.05) is 91.9 Å². The van der Waals surface area contributed by atoms with Crippen LogP contribution in [-0.2, 0) is 19.1 Å². The Balaban J connectivity index is 2.00. The Hall–Kier alpha value is -3.93. The molecule has 0 aliphatic carbocycles. The lowest BCUT2D eigenvalue weighted by Gasteiger charge is -2.56. The van der Waals surface area contributed by atoms with Crippen molar-refractivity contribution in [3.05, 3.63) is 96.1 Å². The highest BCUT2D eigenvalue weighted by atomic mass is 16.5. The Morgan fingerprint density at radius 1 is 0.812 bits per heavy atom. The van der Waals surface area contributed by atoms with Gasteiger partial charge in [0.1, 0.15) is 0 Å². The molecule has 0 bridgehead atoms. The minimum Gasteiger partial charge on any atom is -0.467 e. The SMILES string of the molecule is COC(=O)C1(C(=O)OC)C(=Nc2ccc(C)cc2)C(c2ccccc2)N1c1ccccc1. The molecule has 1 aliphatic heterocycles. The first kappa shape index (κ1) is 21.3. The summed E-state index contributed by atoms with van der Waals surface area (Å²) in [5, 5.41) is 0. The number of ether oxygens (including phenoxy) is 2. The topological polar surface area (TPSA) is 68.2 Å². The van der Waals surface area contributed by atoms with E-state index in [4.69, 9.17) is 14.5 Å². The van der Waals surface area contributed by atoms with Crippen LogP contribution in [0.4, 0.5) is 11.4 Å². The van der Waals surface area contributed by atoms with Gasteiger partial charge in [0.15, 0.2) is 0 Å². The van der Waals surface area contributed by atoms with Gasteiger partial charge in [0.25, 0.3) is 5.54 Å². The van der Waals surface area contributed by atoms with Crippen molar-refractivity contribution in [2.75, 3.05) is 19.1 Å². The van der Waals surface area contributed by atoms with Crippen molar-refractivity contribution < 1.29 is 19.1 Å². The molecule has 1 fully saturated rings. The highest BCUT2D eigenvalue weighted by molar-refractivity contribution is 6.37. The highest BCUT2D eigenvalue weighted by Crippen LogP contribution is 2.49. The predicted molar refractivity (Wildman–Crippen MR) is 123 cm³/mol. The van der Waals surface area contributed by atoms with Gasteiger partial charge in [0.05, 0.1) is 31.7 Å². The van der Waals surface area contributed by atoms with E-state index in [1.165, 1.54) is 14.2 Å². The first-order valence-corrected chi connectivity index (χ1v) is 10.3. The van der Waals surface area contributed by atoms with Crippen molar-refractivity contribution in [3.63, 3.8) is 0 Å². The molecule has 1 aliphatic rings. The number of rotatable bonds is 5. The summed E-state index contributed by atoms with van der Waals surface area (Å²) in [6, 6.07) is 26.0. The minimum atomic E-state index is -1.84. The molecule has 0 amide bonds. The molecule has 0 saturated carbocycles. The molecule has 0 spiro atoms. The van der Waals surface area contributed by atoms with Crippen molar-refractivity contribution in [2.24, 2.45) is 4.99 Å². The number of carbonyl (C=O) groups excluding carboxylic acids is 2. The van der Waals surface area contributed by atoms with Gasteiger partial charge in [-0.15, -0.1) is 0 Å². The number of aryl methyl sites for hydroxylation is 1. The van der Waals surface area contributed by atoms with Gasteiger partial charge in [-0.1, -0.05) is 66.2 Å². The lowest BCUT2D eigenvalue weighted by molar-refractivity contribution is -0.159. The highest BCUT2D eigenvalue weighted by Gasteiger charge is 2.70. The second-order valence-electron chi connectivity index (χ2n) is 7.54. The Morgan fingerprint density at radius 2 is 1.34 bits per heavy atom. The van der Waals surface area contributed by atoms with E-state index in [2.05, 4.69) is 0 Å². The number of hydrogen-bond donors (Lipinski definition) is 0. The molecule has 4 rings (SSSR count).